The Balaban J connectivity index is 1.95. The van der Waals surface area contributed by atoms with Gasteiger partial charge in [-0.05, 0) is 44.2 Å². The van der Waals surface area contributed by atoms with Crippen molar-refractivity contribution in [2.45, 2.75) is 20.0 Å². The van der Waals surface area contributed by atoms with Crippen molar-refractivity contribution in [2.75, 3.05) is 34.3 Å². The van der Waals surface area contributed by atoms with Gasteiger partial charge >= 0.3 is 0 Å². The average molecular weight is 400 g/mol. The van der Waals surface area contributed by atoms with Gasteiger partial charge in [-0.2, -0.15) is 0 Å². The zero-order valence-electron chi connectivity index (χ0n) is 15.6. The van der Waals surface area contributed by atoms with Crippen LogP contribution in [0.25, 0.3) is 0 Å². The van der Waals surface area contributed by atoms with Gasteiger partial charge in [-0.25, -0.2) is 0 Å². The smallest absolute Gasteiger partial charge is 0.123 e. The molecule has 2 aromatic carbocycles. The molecule has 0 atom stereocenters. The summed E-state index contributed by atoms with van der Waals surface area (Å²) in [6.07, 6.45) is 9.91. The van der Waals surface area contributed by atoms with Gasteiger partial charge in [0.25, 0.3) is 0 Å². The Hall–Kier alpha value is -2.28. The zero-order valence-corrected chi connectivity index (χ0v) is 17.1. The van der Waals surface area contributed by atoms with Gasteiger partial charge in [-0.15, -0.1) is 6.42 Å². The molecule has 0 fully saturated rings. The molecule has 0 saturated carbocycles. The Bertz CT molecular complexity index is 821. The van der Waals surface area contributed by atoms with Crippen LogP contribution in [0.4, 0.5) is 17.1 Å². The summed E-state index contributed by atoms with van der Waals surface area (Å²) in [5.41, 5.74) is 3.28. The molecule has 0 saturated heterocycles. The molecule has 0 radical (unpaired) electrons. The van der Waals surface area contributed by atoms with Crippen LogP contribution in [-0.4, -0.2) is 25.8 Å². The van der Waals surface area contributed by atoms with Gasteiger partial charge in [0.05, 0.1) is 28.0 Å². The van der Waals surface area contributed by atoms with E-state index in [1.165, 1.54) is 0 Å². The molecule has 140 valence electrons. The Morgan fingerprint density at radius 2 is 1.59 bits per heavy atom. The normalized spacial score (nSPS) is 13.9. The van der Waals surface area contributed by atoms with Crippen LogP contribution in [-0.2, 0) is 0 Å². The lowest BCUT2D eigenvalue weighted by molar-refractivity contribution is 0.692. The SMILES string of the molecule is C#CCN(C=CC1N(CC)c2cc(Cl)c(Cl)cc2N1CC)c1ccccc1. The van der Waals surface area contributed by atoms with Crippen molar-refractivity contribution in [2.24, 2.45) is 0 Å². The summed E-state index contributed by atoms with van der Waals surface area (Å²) in [7, 11) is 0. The Labute approximate surface area is 171 Å². The topological polar surface area (TPSA) is 9.72 Å². The Kier molecular flexibility index (Phi) is 6.21. The number of para-hydroxylation sites is 1. The monoisotopic (exact) mass is 399 g/mol. The predicted octanol–water partition coefficient (Wildman–Crippen LogP) is 5.64. The maximum absolute atomic E-state index is 6.28. The molecular weight excluding hydrogens is 377 g/mol. The van der Waals surface area contributed by atoms with Gasteiger partial charge < -0.3 is 14.7 Å². The first-order valence-corrected chi connectivity index (χ1v) is 9.82. The largest absolute Gasteiger partial charge is 0.346 e. The number of benzene rings is 2. The zero-order chi connectivity index (χ0) is 19.4. The molecule has 1 aliphatic heterocycles. The molecule has 0 spiro atoms. The number of anilines is 3. The van der Waals surface area contributed by atoms with E-state index in [2.05, 4.69) is 58.9 Å². The first-order valence-electron chi connectivity index (χ1n) is 9.06. The van der Waals surface area contributed by atoms with E-state index in [9.17, 15) is 0 Å². The standard InChI is InChI=1S/C22H23Cl2N3/c1-4-13-25(17-10-8-7-9-11-17)14-12-22-26(5-2)20-15-18(23)19(24)16-21(20)27(22)6-3/h1,7-12,14-16,22H,5-6,13H2,2-3H3. The highest BCUT2D eigenvalue weighted by Gasteiger charge is 2.33. The summed E-state index contributed by atoms with van der Waals surface area (Å²) < 4.78 is 0. The minimum Gasteiger partial charge on any atom is -0.346 e. The molecule has 0 bridgehead atoms. The van der Waals surface area contributed by atoms with Crippen molar-refractivity contribution in [1.82, 2.24) is 0 Å². The number of hydrogen-bond donors (Lipinski definition) is 0. The van der Waals surface area contributed by atoms with Crippen LogP contribution in [0.5, 0.6) is 0 Å². The molecule has 0 aliphatic carbocycles. The molecule has 0 N–H and O–H groups in total. The fourth-order valence-electron chi connectivity index (χ4n) is 3.49. The van der Waals surface area contributed by atoms with E-state index in [-0.39, 0.29) is 6.17 Å². The quantitative estimate of drug-likeness (QED) is 0.581. The number of fused-ring (bicyclic) bond motifs is 1. The minimum atomic E-state index is 0.0773. The third-order valence-electron chi connectivity index (χ3n) is 4.74. The van der Waals surface area contributed by atoms with Gasteiger partial charge in [0.2, 0.25) is 0 Å². The molecule has 0 amide bonds. The molecule has 1 heterocycles. The van der Waals surface area contributed by atoms with Crippen LogP contribution < -0.4 is 14.7 Å². The summed E-state index contributed by atoms with van der Waals surface area (Å²) in [6, 6.07) is 14.0. The van der Waals surface area contributed by atoms with E-state index < -0.39 is 0 Å². The minimum absolute atomic E-state index is 0.0773. The highest BCUT2D eigenvalue weighted by atomic mass is 35.5. The second kappa shape index (κ2) is 8.61. The van der Waals surface area contributed by atoms with Crippen molar-refractivity contribution >= 4 is 40.3 Å². The van der Waals surface area contributed by atoms with Crippen molar-refractivity contribution < 1.29 is 0 Å². The Morgan fingerprint density at radius 1 is 1.04 bits per heavy atom. The van der Waals surface area contributed by atoms with Crippen LogP contribution >= 0.6 is 23.2 Å². The maximum atomic E-state index is 6.28. The average Bonchev–Trinajstić information content (AvgIpc) is 2.97. The number of nitrogens with zero attached hydrogens (tertiary/aromatic N) is 3. The molecular formula is C22H23Cl2N3. The van der Waals surface area contributed by atoms with Gasteiger partial charge in [-0.1, -0.05) is 47.3 Å². The highest BCUT2D eigenvalue weighted by Crippen LogP contribution is 2.44. The van der Waals surface area contributed by atoms with Crippen LogP contribution in [0.15, 0.2) is 54.7 Å². The predicted molar refractivity (Wildman–Crippen MR) is 118 cm³/mol. The summed E-state index contributed by atoms with van der Waals surface area (Å²) >= 11 is 12.6. The second-order valence-electron chi connectivity index (χ2n) is 6.25. The van der Waals surface area contributed by atoms with Gasteiger partial charge in [0.15, 0.2) is 0 Å². The van der Waals surface area contributed by atoms with Crippen molar-refractivity contribution in [3.8, 4) is 12.3 Å². The first-order chi connectivity index (χ1) is 13.1. The van der Waals surface area contributed by atoms with Crippen LogP contribution in [0, 0.1) is 12.3 Å². The molecule has 3 nitrogen and oxygen atoms in total. The third kappa shape index (κ3) is 3.88. The molecule has 27 heavy (non-hydrogen) atoms. The van der Waals surface area contributed by atoms with Crippen molar-refractivity contribution in [3.05, 3.63) is 64.8 Å². The number of likely N-dealkylation sites (N-methyl/N-ethyl adjacent to an activating group) is 2. The fraction of sp³-hybridized carbons (Fsp3) is 0.273. The van der Waals surface area contributed by atoms with Gasteiger partial charge in [-0.3, -0.25) is 0 Å². The number of rotatable bonds is 6. The summed E-state index contributed by atoms with van der Waals surface area (Å²) in [4.78, 5) is 6.71. The van der Waals surface area contributed by atoms with E-state index in [1.54, 1.807) is 0 Å². The van der Waals surface area contributed by atoms with Crippen LogP contribution in [0.2, 0.25) is 10.0 Å². The van der Waals surface area contributed by atoms with Gasteiger partial charge in [0.1, 0.15) is 6.17 Å². The van der Waals surface area contributed by atoms with E-state index >= 15 is 0 Å². The lowest BCUT2D eigenvalue weighted by Crippen LogP contribution is -2.42. The lowest BCUT2D eigenvalue weighted by atomic mass is 10.2. The second-order valence-corrected chi connectivity index (χ2v) is 7.06. The van der Waals surface area contributed by atoms with Gasteiger partial charge in [0, 0.05) is 25.0 Å². The van der Waals surface area contributed by atoms with Crippen LogP contribution in [0.1, 0.15) is 13.8 Å². The lowest BCUT2D eigenvalue weighted by Gasteiger charge is -2.30. The van der Waals surface area contributed by atoms with E-state index in [1.807, 2.05) is 30.3 Å². The molecule has 1 aliphatic rings. The van der Waals surface area contributed by atoms with Crippen molar-refractivity contribution in [3.63, 3.8) is 0 Å². The maximum Gasteiger partial charge on any atom is 0.123 e. The molecule has 3 rings (SSSR count). The van der Waals surface area contributed by atoms with E-state index in [0.717, 1.165) is 30.2 Å². The summed E-state index contributed by atoms with van der Waals surface area (Å²) in [6.45, 7) is 6.51. The summed E-state index contributed by atoms with van der Waals surface area (Å²) in [5, 5.41) is 1.15. The Morgan fingerprint density at radius 3 is 2.07 bits per heavy atom. The number of hydrogen-bond acceptors (Lipinski definition) is 3. The van der Waals surface area contributed by atoms with Crippen molar-refractivity contribution in [1.29, 1.82) is 0 Å². The molecule has 5 heteroatoms. The van der Waals surface area contributed by atoms with E-state index in [4.69, 9.17) is 29.6 Å². The highest BCUT2D eigenvalue weighted by molar-refractivity contribution is 6.42. The third-order valence-corrected chi connectivity index (χ3v) is 5.47. The first kappa shape index (κ1) is 19.5. The number of terminal acetylenes is 1. The molecule has 0 unspecified atom stereocenters. The van der Waals surface area contributed by atoms with E-state index in [0.29, 0.717) is 16.6 Å². The van der Waals surface area contributed by atoms with Crippen LogP contribution in [0.3, 0.4) is 0 Å². The fourth-order valence-corrected chi connectivity index (χ4v) is 3.81. The summed E-state index contributed by atoms with van der Waals surface area (Å²) in [5.74, 6) is 2.74. The molecule has 2 aromatic rings. The molecule has 0 aromatic heterocycles. The number of halogens is 2.